The molecule has 0 bridgehead atoms. The molecule has 78 valence electrons. The summed E-state index contributed by atoms with van der Waals surface area (Å²) in [6.45, 7) is 0.879. The Kier molecular flexibility index (Phi) is 2.30. The summed E-state index contributed by atoms with van der Waals surface area (Å²) < 4.78 is 25.1. The zero-order valence-electron chi connectivity index (χ0n) is 7.55. The Labute approximate surface area is 82.1 Å². The normalized spacial score (nSPS) is 24.2. The highest BCUT2D eigenvalue weighted by molar-refractivity contribution is 7.89. The summed E-state index contributed by atoms with van der Waals surface area (Å²) in [7, 11) is -3.39. The van der Waals surface area contributed by atoms with Crippen LogP contribution in [0.4, 0.5) is 0 Å². The lowest BCUT2D eigenvalue weighted by molar-refractivity contribution is 0.469. The van der Waals surface area contributed by atoms with Crippen LogP contribution in [0, 0.1) is 0 Å². The van der Waals surface area contributed by atoms with Gasteiger partial charge in [-0.15, -0.1) is 0 Å². The number of aromatic amines is 1. The zero-order chi connectivity index (χ0) is 10.2. The van der Waals surface area contributed by atoms with Crippen molar-refractivity contribution in [2.24, 2.45) is 5.73 Å². The van der Waals surface area contributed by atoms with Crippen molar-refractivity contribution >= 4 is 10.0 Å². The number of hydrogen-bond acceptors (Lipinski definition) is 4. The maximum absolute atomic E-state index is 11.8. The van der Waals surface area contributed by atoms with E-state index in [1.807, 2.05) is 0 Å². The predicted octanol–water partition coefficient (Wildman–Crippen LogP) is -0.869. The standard InChI is InChI=1S/C7H12N4O2S/c8-6-2-4-11(5-6)14(12,13)7-1-3-9-10-7/h1,3,6H,2,4-5,8H2,(H,9,10). The lowest BCUT2D eigenvalue weighted by atomic mass is 10.3. The van der Waals surface area contributed by atoms with Crippen LogP contribution in [0.1, 0.15) is 6.42 Å². The van der Waals surface area contributed by atoms with E-state index in [1.54, 1.807) is 0 Å². The van der Waals surface area contributed by atoms with E-state index < -0.39 is 10.0 Å². The summed E-state index contributed by atoms with van der Waals surface area (Å²) in [6.07, 6.45) is 2.14. The van der Waals surface area contributed by atoms with Crippen LogP contribution in [-0.2, 0) is 10.0 Å². The molecule has 1 aromatic heterocycles. The molecule has 0 spiro atoms. The average molecular weight is 216 g/mol. The minimum absolute atomic E-state index is 0.0484. The molecular weight excluding hydrogens is 204 g/mol. The van der Waals surface area contributed by atoms with E-state index in [2.05, 4.69) is 10.2 Å². The first-order chi connectivity index (χ1) is 6.60. The number of H-pyrrole nitrogens is 1. The van der Waals surface area contributed by atoms with Gasteiger partial charge in [0, 0.05) is 19.1 Å². The number of aromatic nitrogens is 2. The van der Waals surface area contributed by atoms with Crippen LogP contribution < -0.4 is 5.73 Å². The number of nitrogens with two attached hydrogens (primary N) is 1. The SMILES string of the molecule is NC1CCN(S(=O)(=O)c2ccn[nH]2)C1. The van der Waals surface area contributed by atoms with E-state index in [9.17, 15) is 8.42 Å². The molecule has 1 saturated heterocycles. The number of sulfonamides is 1. The molecule has 1 fully saturated rings. The second kappa shape index (κ2) is 3.34. The van der Waals surface area contributed by atoms with E-state index >= 15 is 0 Å². The highest BCUT2D eigenvalue weighted by atomic mass is 32.2. The van der Waals surface area contributed by atoms with Crippen LogP contribution >= 0.6 is 0 Å². The number of nitrogens with one attached hydrogen (secondary N) is 1. The number of nitrogens with zero attached hydrogens (tertiary/aromatic N) is 2. The Bertz CT molecular complexity index is 399. The topological polar surface area (TPSA) is 92.1 Å². The van der Waals surface area contributed by atoms with Crippen molar-refractivity contribution in [3.05, 3.63) is 12.3 Å². The number of hydrogen-bond donors (Lipinski definition) is 2. The van der Waals surface area contributed by atoms with E-state index in [0.717, 1.165) is 0 Å². The van der Waals surface area contributed by atoms with E-state index in [4.69, 9.17) is 5.73 Å². The second-order valence-corrected chi connectivity index (χ2v) is 5.24. The van der Waals surface area contributed by atoms with Gasteiger partial charge in [0.1, 0.15) is 0 Å². The van der Waals surface area contributed by atoms with Gasteiger partial charge in [-0.05, 0) is 12.5 Å². The molecule has 7 heteroatoms. The molecule has 0 aromatic carbocycles. The Morgan fingerprint density at radius 3 is 2.93 bits per heavy atom. The Balaban J connectivity index is 2.26. The largest absolute Gasteiger partial charge is 0.326 e. The van der Waals surface area contributed by atoms with Crippen LogP contribution in [0.15, 0.2) is 17.3 Å². The van der Waals surface area contributed by atoms with Gasteiger partial charge in [-0.1, -0.05) is 0 Å². The third-order valence-electron chi connectivity index (χ3n) is 2.28. The van der Waals surface area contributed by atoms with Gasteiger partial charge >= 0.3 is 0 Å². The molecule has 2 heterocycles. The van der Waals surface area contributed by atoms with Gasteiger partial charge in [0.05, 0.1) is 6.20 Å². The maximum Gasteiger partial charge on any atom is 0.260 e. The van der Waals surface area contributed by atoms with E-state index in [-0.39, 0.29) is 11.1 Å². The van der Waals surface area contributed by atoms with Crippen LogP contribution in [0.2, 0.25) is 0 Å². The van der Waals surface area contributed by atoms with E-state index in [1.165, 1.54) is 16.6 Å². The van der Waals surface area contributed by atoms with Crippen molar-refractivity contribution in [2.75, 3.05) is 13.1 Å². The molecule has 6 nitrogen and oxygen atoms in total. The van der Waals surface area contributed by atoms with Gasteiger partial charge in [-0.3, -0.25) is 5.10 Å². The fourth-order valence-electron chi connectivity index (χ4n) is 1.50. The van der Waals surface area contributed by atoms with Gasteiger partial charge in [0.2, 0.25) is 0 Å². The molecule has 1 unspecified atom stereocenters. The fraction of sp³-hybridized carbons (Fsp3) is 0.571. The van der Waals surface area contributed by atoms with Crippen molar-refractivity contribution in [2.45, 2.75) is 17.5 Å². The molecule has 1 atom stereocenters. The van der Waals surface area contributed by atoms with Crippen LogP contribution in [0.5, 0.6) is 0 Å². The first kappa shape index (κ1) is 9.63. The van der Waals surface area contributed by atoms with Crippen molar-refractivity contribution < 1.29 is 8.42 Å². The molecular formula is C7H12N4O2S. The summed E-state index contributed by atoms with van der Waals surface area (Å²) in [5.41, 5.74) is 5.64. The molecule has 3 N–H and O–H groups in total. The summed E-state index contributed by atoms with van der Waals surface area (Å²) in [6, 6.07) is 1.40. The smallest absolute Gasteiger partial charge is 0.260 e. The summed E-state index contributed by atoms with van der Waals surface area (Å²) in [5, 5.41) is 6.20. The minimum atomic E-state index is -3.39. The zero-order valence-corrected chi connectivity index (χ0v) is 8.37. The Morgan fingerprint density at radius 1 is 1.64 bits per heavy atom. The van der Waals surface area contributed by atoms with Crippen molar-refractivity contribution in [3.8, 4) is 0 Å². The molecule has 0 amide bonds. The number of rotatable bonds is 2. The minimum Gasteiger partial charge on any atom is -0.326 e. The molecule has 1 aromatic rings. The average Bonchev–Trinajstić information content (AvgIpc) is 2.72. The monoisotopic (exact) mass is 216 g/mol. The Morgan fingerprint density at radius 2 is 2.43 bits per heavy atom. The molecule has 2 rings (SSSR count). The molecule has 1 aliphatic rings. The van der Waals surface area contributed by atoms with Crippen molar-refractivity contribution in [1.29, 1.82) is 0 Å². The van der Waals surface area contributed by atoms with Crippen molar-refractivity contribution in [1.82, 2.24) is 14.5 Å². The summed E-state index contributed by atoms with van der Waals surface area (Å²) in [4.78, 5) is 0. The fourth-order valence-corrected chi connectivity index (χ4v) is 2.91. The van der Waals surface area contributed by atoms with Crippen LogP contribution in [0.25, 0.3) is 0 Å². The van der Waals surface area contributed by atoms with Crippen LogP contribution in [0.3, 0.4) is 0 Å². The highest BCUT2D eigenvalue weighted by Gasteiger charge is 2.31. The molecule has 14 heavy (non-hydrogen) atoms. The first-order valence-corrected chi connectivity index (χ1v) is 5.80. The highest BCUT2D eigenvalue weighted by Crippen LogP contribution is 2.17. The molecule has 0 aliphatic carbocycles. The lowest BCUT2D eigenvalue weighted by Gasteiger charge is -2.13. The molecule has 0 radical (unpaired) electrons. The van der Waals surface area contributed by atoms with Gasteiger partial charge in [0.25, 0.3) is 10.0 Å². The third kappa shape index (κ3) is 1.54. The summed E-state index contributed by atoms with van der Waals surface area (Å²) >= 11 is 0. The van der Waals surface area contributed by atoms with Gasteiger partial charge in [0.15, 0.2) is 5.03 Å². The maximum atomic E-state index is 11.8. The lowest BCUT2D eigenvalue weighted by Crippen LogP contribution is -2.32. The first-order valence-electron chi connectivity index (χ1n) is 4.36. The van der Waals surface area contributed by atoms with Crippen molar-refractivity contribution in [3.63, 3.8) is 0 Å². The molecule has 0 saturated carbocycles. The van der Waals surface area contributed by atoms with E-state index in [0.29, 0.717) is 19.5 Å². The summed E-state index contributed by atoms with van der Waals surface area (Å²) in [5.74, 6) is 0. The molecule has 1 aliphatic heterocycles. The Hall–Kier alpha value is -0.920. The predicted molar refractivity (Wildman–Crippen MR) is 49.9 cm³/mol. The quantitative estimate of drug-likeness (QED) is 0.672. The second-order valence-electron chi connectivity index (χ2n) is 3.33. The van der Waals surface area contributed by atoms with Gasteiger partial charge < -0.3 is 5.73 Å². The van der Waals surface area contributed by atoms with Gasteiger partial charge in [-0.25, -0.2) is 8.42 Å². The van der Waals surface area contributed by atoms with Gasteiger partial charge in [-0.2, -0.15) is 9.40 Å². The third-order valence-corrected chi connectivity index (χ3v) is 4.08. The van der Waals surface area contributed by atoms with Crippen LogP contribution in [-0.4, -0.2) is 42.1 Å².